The highest BCUT2D eigenvalue weighted by Crippen LogP contribution is 2.50. The molecular weight excluding hydrogens is 1360 g/mol. The van der Waals surface area contributed by atoms with Crippen molar-refractivity contribution in [2.24, 2.45) is 22.7 Å². The Morgan fingerprint density at radius 1 is 0.576 bits per heavy atom. The van der Waals surface area contributed by atoms with Crippen LogP contribution in [0.1, 0.15) is 191 Å². The number of ether oxygens (including phenoxy) is 2. The van der Waals surface area contributed by atoms with Crippen molar-refractivity contribution in [1.82, 2.24) is 50.2 Å². The van der Waals surface area contributed by atoms with Crippen molar-refractivity contribution in [3.63, 3.8) is 0 Å². The Kier molecular flexibility index (Phi) is 23.2. The zero-order valence-corrected chi connectivity index (χ0v) is 63.3. The van der Waals surface area contributed by atoms with E-state index in [9.17, 15) is 36.0 Å². The maximum atomic E-state index is 13.9. The molecule has 8 aliphatic rings. The van der Waals surface area contributed by atoms with Crippen LogP contribution in [0.5, 0.6) is 0 Å². The van der Waals surface area contributed by atoms with Crippen LogP contribution in [0.2, 0.25) is 0 Å². The van der Waals surface area contributed by atoms with E-state index in [0.717, 1.165) is 140 Å². The van der Waals surface area contributed by atoms with E-state index in [2.05, 4.69) is 151 Å². The number of hydrogen-bond donors (Lipinski definition) is 7. The lowest BCUT2D eigenvalue weighted by Gasteiger charge is -2.52. The molecule has 2 aliphatic carbocycles. The van der Waals surface area contributed by atoms with E-state index in [1.54, 1.807) is 62.8 Å². The van der Waals surface area contributed by atoms with E-state index in [1.807, 2.05) is 0 Å². The smallest absolute Gasteiger partial charge is 0.281 e. The number of fused-ring (bicyclic) bond motifs is 12. The number of pyridine rings is 4. The SMILES string of the molecule is CC(C)(C)c1ccc2c(n1)N1C[C@@H](CCC(C(=O)NC3CC4(CCNCC4)C3)Nc3cccc(n3)S(=O)(=O)NC2=O)CC1(C)C.COCCBr.COCCN1CCC2(CC1)CC(NC(=O)C1CC[C@@H]3CN(c4nc(C(C)(C)C)ccc4C(=O)NS(=O)(=O)c4cccc(n4)N1)C(C)(C)C3)C2. The maximum absolute atomic E-state index is 13.9. The number of carbonyl (C=O) groups excluding carboxylic acids is 4. The molecule has 7 N–H and O–H groups in total. The van der Waals surface area contributed by atoms with E-state index in [1.165, 1.54) is 12.1 Å². The minimum Gasteiger partial charge on any atom is -0.384 e. The van der Waals surface area contributed by atoms with Gasteiger partial charge in [0, 0.05) is 84.6 Å². The lowest BCUT2D eigenvalue weighted by Crippen LogP contribution is -2.57. The molecule has 0 radical (unpaired) electrons. The summed E-state index contributed by atoms with van der Waals surface area (Å²) in [6.45, 7) is 28.8. The Balaban J connectivity index is 0.000000201. The molecular formula is C72H107BrN14O10S2. The number of anilines is 4. The van der Waals surface area contributed by atoms with Gasteiger partial charge in [-0.15, -0.1) is 0 Å². The zero-order chi connectivity index (χ0) is 71.5. The number of methoxy groups -OCH3 is 2. The summed E-state index contributed by atoms with van der Waals surface area (Å²) < 4.78 is 68.3. The van der Waals surface area contributed by atoms with Gasteiger partial charge in [-0.25, -0.2) is 29.4 Å². The Labute approximate surface area is 595 Å². The first-order valence-corrected chi connectivity index (χ1v) is 39.5. The Bertz CT molecular complexity index is 3780. The van der Waals surface area contributed by atoms with Gasteiger partial charge in [-0.05, 0) is 215 Å². The number of piperidine rings is 2. The van der Waals surface area contributed by atoms with E-state index in [4.69, 9.17) is 14.7 Å². The van der Waals surface area contributed by atoms with Crippen LogP contribution in [0.4, 0.5) is 23.3 Å². The first-order chi connectivity index (χ1) is 46.6. The van der Waals surface area contributed by atoms with Gasteiger partial charge in [0.15, 0.2) is 10.1 Å². The number of sulfonamides is 2. The normalized spacial score (nSPS) is 24.7. The molecule has 6 fully saturated rings. The van der Waals surface area contributed by atoms with Crippen molar-refractivity contribution in [2.75, 3.05) is 99.0 Å². The molecule has 544 valence electrons. The van der Waals surface area contributed by atoms with Gasteiger partial charge in [-0.1, -0.05) is 69.6 Å². The summed E-state index contributed by atoms with van der Waals surface area (Å²) in [5, 5.41) is 16.9. The summed E-state index contributed by atoms with van der Waals surface area (Å²) in [6, 6.07) is 15.1. The van der Waals surface area contributed by atoms with Gasteiger partial charge in [-0.3, -0.25) is 19.2 Å². The summed E-state index contributed by atoms with van der Waals surface area (Å²) in [5.74, 6) is 0.259. The number of aromatic nitrogens is 4. The second-order valence-electron chi connectivity index (χ2n) is 32.3. The third-order valence-electron chi connectivity index (χ3n) is 21.5. The molecule has 27 heteroatoms. The molecule has 2 spiro atoms. The maximum Gasteiger partial charge on any atom is 0.281 e. The van der Waals surface area contributed by atoms with Crippen molar-refractivity contribution in [3.8, 4) is 0 Å². The summed E-state index contributed by atoms with van der Waals surface area (Å²) in [5.41, 5.74) is 1.40. The second kappa shape index (κ2) is 30.5. The highest BCUT2D eigenvalue weighted by Gasteiger charge is 2.49. The highest BCUT2D eigenvalue weighted by molar-refractivity contribution is 9.09. The van der Waals surface area contributed by atoms with Crippen molar-refractivity contribution < 1.29 is 45.5 Å². The minimum absolute atomic E-state index is 0.0904. The van der Waals surface area contributed by atoms with Gasteiger partial charge in [0.1, 0.15) is 35.4 Å². The largest absolute Gasteiger partial charge is 0.384 e. The van der Waals surface area contributed by atoms with E-state index in [0.29, 0.717) is 48.4 Å². The highest BCUT2D eigenvalue weighted by atomic mass is 79.9. The molecule has 4 aromatic rings. The van der Waals surface area contributed by atoms with Crippen LogP contribution in [-0.4, -0.2) is 179 Å². The number of carbonyl (C=O) groups is 4. The van der Waals surface area contributed by atoms with Crippen molar-refractivity contribution in [3.05, 3.63) is 83.2 Å². The topological polar surface area (TPSA) is 301 Å². The Hall–Kier alpha value is -6.10. The fourth-order valence-corrected chi connectivity index (χ4v) is 18.1. The predicted molar refractivity (Wildman–Crippen MR) is 389 cm³/mol. The molecule has 4 saturated heterocycles. The van der Waals surface area contributed by atoms with Crippen LogP contribution in [0.15, 0.2) is 70.7 Å². The average molecular weight is 1470 g/mol. The summed E-state index contributed by atoms with van der Waals surface area (Å²) in [7, 11) is -5.24. The fraction of sp³-hybridized carbons (Fsp3) is 0.667. The van der Waals surface area contributed by atoms with E-state index in [-0.39, 0.29) is 90.5 Å². The van der Waals surface area contributed by atoms with Crippen LogP contribution in [0.25, 0.3) is 0 Å². The minimum atomic E-state index is -4.34. The van der Waals surface area contributed by atoms with Crippen molar-refractivity contribution in [1.29, 1.82) is 0 Å². The third kappa shape index (κ3) is 18.2. The summed E-state index contributed by atoms with van der Waals surface area (Å²) >= 11 is 3.18. The molecule has 99 heavy (non-hydrogen) atoms. The van der Waals surface area contributed by atoms with E-state index >= 15 is 0 Å². The molecule has 4 atom stereocenters. The van der Waals surface area contributed by atoms with Gasteiger partial charge >= 0.3 is 0 Å². The number of alkyl halides is 1. The van der Waals surface area contributed by atoms with Crippen LogP contribution >= 0.6 is 15.9 Å². The van der Waals surface area contributed by atoms with Gasteiger partial charge in [0.05, 0.1) is 24.3 Å². The number of rotatable bonds is 9. The average Bonchev–Trinajstić information content (AvgIpc) is 1.76. The van der Waals surface area contributed by atoms with Gasteiger partial charge in [0.25, 0.3) is 31.9 Å². The molecule has 24 nitrogen and oxygen atoms in total. The van der Waals surface area contributed by atoms with Gasteiger partial charge in [-0.2, -0.15) is 16.8 Å². The van der Waals surface area contributed by atoms with Crippen LogP contribution < -0.4 is 45.8 Å². The number of nitrogens with one attached hydrogen (secondary N) is 7. The van der Waals surface area contributed by atoms with Crippen molar-refractivity contribution >= 4 is 82.9 Å². The molecule has 4 amide bonds. The lowest BCUT2D eigenvalue weighted by molar-refractivity contribution is -0.125. The summed E-state index contributed by atoms with van der Waals surface area (Å²) in [6.07, 6.45) is 12.8. The first kappa shape index (κ1) is 75.6. The molecule has 2 saturated carbocycles. The number of hydrogen-bond acceptors (Lipinski definition) is 20. The monoisotopic (exact) mass is 1470 g/mol. The number of amides is 4. The molecule has 0 aromatic carbocycles. The quantitative estimate of drug-likeness (QED) is 0.0770. The van der Waals surface area contributed by atoms with Crippen molar-refractivity contribution in [2.45, 2.75) is 215 Å². The van der Waals surface area contributed by atoms with Crippen LogP contribution in [-0.2, 0) is 49.9 Å². The standard InChI is InChI=1S/C36H53N7O5S.C33H47N7O4S.C3H7BrO/c1-34(2,3)28-13-11-26-31(39-28)43-23-24(20-35(43,4)5)10-12-27(38-29-8-7-9-30(40-29)49(46,47)41-32(26)44)33(45)37-25-21-36(22-25)14-16-42(17-15-36)18-19-48-6;1-31(2,3)25-12-10-23-28(37-25)40-20-21(17-32(40,4)5)9-11-24(30(42)35-22-18-33(19-22)13-15-34-16-14-33)36-26-7-6-8-27(38-26)45(43,44)39-29(23)41;1-5-3-2-4/h7-9,11,13,24-25,27H,10,12,14-23H2,1-6H3,(H,37,45)(H,38,40)(H,41,44);6-8,10,12,21-22,24,34H,9,11,13-20H2,1-5H3,(H,35,42)(H,36,38)(H,39,41);2-3H2,1H3/t24-,27?;21-,24?;/m00./s1. The molecule has 4 aromatic heterocycles. The Morgan fingerprint density at radius 3 is 1.37 bits per heavy atom. The van der Waals surface area contributed by atoms with Crippen LogP contribution in [0.3, 0.4) is 0 Å². The molecule has 12 rings (SSSR count). The summed E-state index contributed by atoms with van der Waals surface area (Å²) in [4.78, 5) is 80.4. The van der Waals surface area contributed by atoms with Gasteiger partial charge < -0.3 is 50.8 Å². The Morgan fingerprint density at radius 2 is 0.990 bits per heavy atom. The predicted octanol–water partition coefficient (Wildman–Crippen LogP) is 8.83. The molecule has 8 bridgehead atoms. The number of likely N-dealkylation sites (tertiary alicyclic amines) is 1. The molecule has 10 heterocycles. The van der Waals surface area contributed by atoms with Crippen LogP contribution in [0, 0.1) is 22.7 Å². The second-order valence-corrected chi connectivity index (χ2v) is 36.3. The zero-order valence-electron chi connectivity index (χ0n) is 60.1. The molecule has 2 unspecified atom stereocenters. The lowest BCUT2D eigenvalue weighted by atomic mass is 9.60. The van der Waals surface area contributed by atoms with E-state index < -0.39 is 43.9 Å². The first-order valence-electron chi connectivity index (χ1n) is 35.4. The number of nitrogens with zero attached hydrogens (tertiary/aromatic N) is 7. The number of halogens is 1. The molecule has 6 aliphatic heterocycles. The van der Waals surface area contributed by atoms with Gasteiger partial charge in [0.2, 0.25) is 11.8 Å². The third-order valence-corrected chi connectivity index (χ3v) is 24.3. The fourth-order valence-electron chi connectivity index (χ4n) is 16.0.